The fourth-order valence-electron chi connectivity index (χ4n) is 2.99. The van der Waals surface area contributed by atoms with Crippen molar-refractivity contribution in [1.82, 2.24) is 0 Å². The van der Waals surface area contributed by atoms with E-state index in [2.05, 4.69) is 24.3 Å². The molecule has 20 heavy (non-hydrogen) atoms. The van der Waals surface area contributed by atoms with E-state index in [4.69, 9.17) is 4.74 Å². The Kier molecular flexibility index (Phi) is 4.34. The van der Waals surface area contributed by atoms with Crippen molar-refractivity contribution in [2.24, 2.45) is 0 Å². The Bertz CT molecular complexity index is 558. The molecule has 0 amide bonds. The molecule has 0 aromatic heterocycles. The molecule has 0 radical (unpaired) electrons. The summed E-state index contributed by atoms with van der Waals surface area (Å²) in [4.78, 5) is 0. The van der Waals surface area contributed by atoms with Gasteiger partial charge in [-0.3, -0.25) is 0 Å². The van der Waals surface area contributed by atoms with E-state index in [0.717, 1.165) is 31.4 Å². The van der Waals surface area contributed by atoms with E-state index in [1.54, 1.807) is 0 Å². The van der Waals surface area contributed by atoms with Gasteiger partial charge in [0.15, 0.2) is 0 Å². The Morgan fingerprint density at radius 1 is 1.15 bits per heavy atom. The van der Waals surface area contributed by atoms with Gasteiger partial charge in [-0.05, 0) is 54.5 Å². The van der Waals surface area contributed by atoms with Gasteiger partial charge in [0.05, 0.1) is 12.2 Å². The van der Waals surface area contributed by atoms with Crippen LogP contribution in [-0.2, 0) is 4.74 Å². The number of aliphatic hydroxyl groups excluding tert-OH is 1. The van der Waals surface area contributed by atoms with Crippen molar-refractivity contribution < 1.29 is 9.84 Å². The summed E-state index contributed by atoms with van der Waals surface area (Å²) in [5.41, 5.74) is 1.02. The largest absolute Gasteiger partial charge is 0.388 e. The molecule has 2 unspecified atom stereocenters. The lowest BCUT2D eigenvalue weighted by Crippen LogP contribution is -2.06. The van der Waals surface area contributed by atoms with Crippen molar-refractivity contribution in [3.05, 3.63) is 48.0 Å². The van der Waals surface area contributed by atoms with Crippen LogP contribution in [0.25, 0.3) is 10.8 Å². The molecular weight excluding hydrogens is 248 g/mol. The molecule has 2 aromatic rings. The molecule has 1 aliphatic rings. The van der Waals surface area contributed by atoms with Crippen LogP contribution >= 0.6 is 0 Å². The van der Waals surface area contributed by atoms with Crippen LogP contribution in [0.15, 0.2) is 42.5 Å². The minimum absolute atomic E-state index is 0.360. The summed E-state index contributed by atoms with van der Waals surface area (Å²) in [5, 5.41) is 12.7. The topological polar surface area (TPSA) is 29.5 Å². The molecular formula is C18H22O2. The summed E-state index contributed by atoms with van der Waals surface area (Å²) in [6.07, 6.45) is 5.37. The van der Waals surface area contributed by atoms with E-state index in [1.807, 2.05) is 18.2 Å². The molecule has 1 fully saturated rings. The van der Waals surface area contributed by atoms with Crippen LogP contribution in [0.2, 0.25) is 0 Å². The first-order valence-corrected chi connectivity index (χ1v) is 7.61. The highest BCUT2D eigenvalue weighted by Crippen LogP contribution is 2.25. The SMILES string of the molecule is OC(CCCC1CCCO1)c1ccc2ccccc2c1. The Labute approximate surface area is 120 Å². The maximum atomic E-state index is 10.3. The van der Waals surface area contributed by atoms with E-state index in [0.29, 0.717) is 6.10 Å². The van der Waals surface area contributed by atoms with Crippen molar-refractivity contribution in [3.8, 4) is 0 Å². The Morgan fingerprint density at radius 2 is 2.00 bits per heavy atom. The number of rotatable bonds is 5. The Morgan fingerprint density at radius 3 is 2.80 bits per heavy atom. The van der Waals surface area contributed by atoms with Gasteiger partial charge in [0, 0.05) is 6.61 Å². The average molecular weight is 270 g/mol. The van der Waals surface area contributed by atoms with E-state index in [-0.39, 0.29) is 6.10 Å². The van der Waals surface area contributed by atoms with Crippen LogP contribution in [0.5, 0.6) is 0 Å². The second-order valence-corrected chi connectivity index (χ2v) is 5.69. The van der Waals surface area contributed by atoms with Crippen LogP contribution in [0.4, 0.5) is 0 Å². The van der Waals surface area contributed by atoms with Crippen LogP contribution in [0.1, 0.15) is 43.8 Å². The van der Waals surface area contributed by atoms with Crippen molar-refractivity contribution in [3.63, 3.8) is 0 Å². The first-order valence-electron chi connectivity index (χ1n) is 7.61. The lowest BCUT2D eigenvalue weighted by Gasteiger charge is -2.14. The highest BCUT2D eigenvalue weighted by Gasteiger charge is 2.16. The smallest absolute Gasteiger partial charge is 0.0790 e. The molecule has 2 atom stereocenters. The van der Waals surface area contributed by atoms with Gasteiger partial charge in [-0.25, -0.2) is 0 Å². The first-order chi connectivity index (χ1) is 9.83. The van der Waals surface area contributed by atoms with Crippen LogP contribution in [-0.4, -0.2) is 17.8 Å². The molecule has 3 rings (SSSR count). The summed E-state index contributed by atoms with van der Waals surface area (Å²) in [5.74, 6) is 0. The lowest BCUT2D eigenvalue weighted by atomic mass is 9.99. The molecule has 0 bridgehead atoms. The summed E-state index contributed by atoms with van der Waals surface area (Å²) in [7, 11) is 0. The average Bonchev–Trinajstić information content (AvgIpc) is 3.00. The zero-order valence-electron chi connectivity index (χ0n) is 11.8. The number of benzene rings is 2. The van der Waals surface area contributed by atoms with Crippen LogP contribution < -0.4 is 0 Å². The lowest BCUT2D eigenvalue weighted by molar-refractivity contribution is 0.0945. The molecule has 2 aromatic carbocycles. The molecule has 0 saturated carbocycles. The molecule has 1 aliphatic heterocycles. The summed E-state index contributed by atoms with van der Waals surface area (Å²) < 4.78 is 5.62. The van der Waals surface area contributed by atoms with Gasteiger partial charge in [-0.15, -0.1) is 0 Å². The molecule has 0 aliphatic carbocycles. The van der Waals surface area contributed by atoms with Crippen molar-refractivity contribution in [2.45, 2.75) is 44.3 Å². The predicted molar refractivity (Wildman–Crippen MR) is 81.7 cm³/mol. The summed E-state index contributed by atoms with van der Waals surface area (Å²) in [6.45, 7) is 0.915. The third kappa shape index (κ3) is 3.20. The molecule has 1 heterocycles. The zero-order valence-corrected chi connectivity index (χ0v) is 11.8. The zero-order chi connectivity index (χ0) is 13.8. The molecule has 1 N–H and O–H groups in total. The van der Waals surface area contributed by atoms with Crippen molar-refractivity contribution in [1.29, 1.82) is 0 Å². The quantitative estimate of drug-likeness (QED) is 0.881. The third-order valence-corrected chi connectivity index (χ3v) is 4.19. The molecule has 106 valence electrons. The monoisotopic (exact) mass is 270 g/mol. The molecule has 1 saturated heterocycles. The fraction of sp³-hybridized carbons (Fsp3) is 0.444. The van der Waals surface area contributed by atoms with Gasteiger partial charge < -0.3 is 9.84 Å². The minimum Gasteiger partial charge on any atom is -0.388 e. The fourth-order valence-corrected chi connectivity index (χ4v) is 2.99. The van der Waals surface area contributed by atoms with E-state index in [9.17, 15) is 5.11 Å². The number of hydrogen-bond donors (Lipinski definition) is 1. The third-order valence-electron chi connectivity index (χ3n) is 4.19. The van der Waals surface area contributed by atoms with Gasteiger partial charge in [0.2, 0.25) is 0 Å². The van der Waals surface area contributed by atoms with Gasteiger partial charge in [-0.1, -0.05) is 36.4 Å². The second-order valence-electron chi connectivity index (χ2n) is 5.69. The summed E-state index contributed by atoms with van der Waals surface area (Å²) >= 11 is 0. The first kappa shape index (κ1) is 13.6. The summed E-state index contributed by atoms with van der Waals surface area (Å²) in [6, 6.07) is 14.5. The maximum absolute atomic E-state index is 10.3. The number of aliphatic hydroxyl groups is 1. The standard InChI is InChI=1S/C18H22O2/c19-18(9-3-7-17-8-4-12-20-17)16-11-10-14-5-1-2-6-15(14)13-16/h1-2,5-6,10-11,13,17-19H,3-4,7-9,12H2. The maximum Gasteiger partial charge on any atom is 0.0790 e. The minimum atomic E-state index is -0.360. The van der Waals surface area contributed by atoms with E-state index in [1.165, 1.54) is 23.6 Å². The number of ether oxygens (including phenoxy) is 1. The Balaban J connectivity index is 1.58. The van der Waals surface area contributed by atoms with Gasteiger partial charge >= 0.3 is 0 Å². The molecule has 0 spiro atoms. The van der Waals surface area contributed by atoms with E-state index >= 15 is 0 Å². The highest BCUT2D eigenvalue weighted by molar-refractivity contribution is 5.83. The Hall–Kier alpha value is -1.38. The van der Waals surface area contributed by atoms with Crippen molar-refractivity contribution in [2.75, 3.05) is 6.61 Å². The molecule has 2 heteroatoms. The molecule has 2 nitrogen and oxygen atoms in total. The second kappa shape index (κ2) is 6.38. The van der Waals surface area contributed by atoms with Gasteiger partial charge in [0.25, 0.3) is 0 Å². The van der Waals surface area contributed by atoms with E-state index < -0.39 is 0 Å². The van der Waals surface area contributed by atoms with Crippen LogP contribution in [0.3, 0.4) is 0 Å². The predicted octanol–water partition coefficient (Wildman–Crippen LogP) is 4.22. The van der Waals surface area contributed by atoms with Crippen molar-refractivity contribution >= 4 is 10.8 Å². The van der Waals surface area contributed by atoms with Gasteiger partial charge in [-0.2, -0.15) is 0 Å². The van der Waals surface area contributed by atoms with Crippen LogP contribution in [0, 0.1) is 0 Å². The highest BCUT2D eigenvalue weighted by atomic mass is 16.5. The van der Waals surface area contributed by atoms with Gasteiger partial charge in [0.1, 0.15) is 0 Å². The number of fused-ring (bicyclic) bond motifs is 1. The number of hydrogen-bond acceptors (Lipinski definition) is 2. The normalized spacial score (nSPS) is 20.4.